The molecule has 0 saturated carbocycles. The first kappa shape index (κ1) is 25.0. The van der Waals surface area contributed by atoms with Crippen molar-refractivity contribution < 1.29 is 27.6 Å². The van der Waals surface area contributed by atoms with Gasteiger partial charge in [0.15, 0.2) is 5.78 Å². The Labute approximate surface area is 205 Å². The van der Waals surface area contributed by atoms with Gasteiger partial charge in [0.05, 0.1) is 28.9 Å². The summed E-state index contributed by atoms with van der Waals surface area (Å²) in [5.41, 5.74) is 0.244. The Morgan fingerprint density at radius 1 is 1.14 bits per heavy atom. The van der Waals surface area contributed by atoms with Crippen molar-refractivity contribution in [2.24, 2.45) is 0 Å². The zero-order valence-corrected chi connectivity index (χ0v) is 19.4. The van der Waals surface area contributed by atoms with E-state index in [4.69, 9.17) is 5.26 Å². The van der Waals surface area contributed by atoms with Gasteiger partial charge in [0, 0.05) is 24.2 Å². The van der Waals surface area contributed by atoms with Gasteiger partial charge in [-0.25, -0.2) is 14.5 Å². The number of carbonyl (C=O) groups excluding carboxylic acids is 3. The first-order valence-corrected chi connectivity index (χ1v) is 11.5. The van der Waals surface area contributed by atoms with E-state index in [0.29, 0.717) is 24.0 Å². The Bertz CT molecular complexity index is 1280. The van der Waals surface area contributed by atoms with Crippen molar-refractivity contribution in [3.05, 3.63) is 76.5 Å². The lowest BCUT2D eigenvalue weighted by molar-refractivity contribution is -0.137. The number of hydrogen-bond donors (Lipinski definition) is 1. The molecular weight excluding hydrogens is 473 g/mol. The van der Waals surface area contributed by atoms with E-state index >= 15 is 0 Å². The van der Waals surface area contributed by atoms with Gasteiger partial charge in [-0.15, -0.1) is 0 Å². The molecule has 1 aliphatic carbocycles. The zero-order valence-electron chi connectivity index (χ0n) is 19.4. The third-order valence-corrected chi connectivity index (χ3v) is 6.16. The number of Topliss-reactive ketones (excluding diaryl/α,β-unsaturated/α-hetero) is 1. The number of nitriles is 1. The molecule has 2 aromatic rings. The molecule has 1 unspecified atom stereocenters. The van der Waals surface area contributed by atoms with E-state index in [9.17, 15) is 27.6 Å². The lowest BCUT2D eigenvalue weighted by Gasteiger charge is -2.44. The van der Waals surface area contributed by atoms with Gasteiger partial charge in [-0.1, -0.05) is 25.1 Å². The van der Waals surface area contributed by atoms with Crippen LogP contribution < -0.4 is 10.2 Å². The number of imide groups is 1. The van der Waals surface area contributed by atoms with Gasteiger partial charge in [0.2, 0.25) is 0 Å². The Balaban J connectivity index is 1.94. The number of amides is 4. The highest BCUT2D eigenvalue weighted by molar-refractivity contribution is 6.11. The highest BCUT2D eigenvalue weighted by Gasteiger charge is 2.47. The molecule has 10 heteroatoms. The SMILES string of the molecule is CCCNC(=O)N1C(=O)N(c2cccc(C(F)(F)F)c2)C2=C(C(=O)CCC2)C1c1ccc(C#N)cc1. The molecule has 0 bridgehead atoms. The summed E-state index contributed by atoms with van der Waals surface area (Å²) in [6, 6.07) is 9.76. The molecule has 1 atom stereocenters. The van der Waals surface area contributed by atoms with Crippen LogP contribution in [0, 0.1) is 11.3 Å². The van der Waals surface area contributed by atoms with Gasteiger partial charge in [-0.3, -0.25) is 9.69 Å². The summed E-state index contributed by atoms with van der Waals surface area (Å²) in [4.78, 5) is 42.3. The summed E-state index contributed by atoms with van der Waals surface area (Å²) < 4.78 is 40.3. The minimum absolute atomic E-state index is 0.0800. The second-order valence-electron chi connectivity index (χ2n) is 8.54. The second kappa shape index (κ2) is 9.85. The van der Waals surface area contributed by atoms with Crippen molar-refractivity contribution in [3.8, 4) is 6.07 Å². The molecule has 1 heterocycles. The minimum atomic E-state index is -4.64. The zero-order chi connectivity index (χ0) is 26.0. The molecule has 2 aromatic carbocycles. The molecular formula is C26H23F3N4O3. The molecule has 0 fully saturated rings. The number of hydrogen-bond acceptors (Lipinski definition) is 4. The lowest BCUT2D eigenvalue weighted by Crippen LogP contribution is -2.56. The molecule has 4 amide bonds. The number of urea groups is 2. The number of alkyl halides is 3. The number of nitrogens with one attached hydrogen (secondary N) is 1. The third-order valence-electron chi connectivity index (χ3n) is 6.16. The number of anilines is 1. The third kappa shape index (κ3) is 4.56. The van der Waals surface area contributed by atoms with Crippen molar-refractivity contribution in [2.75, 3.05) is 11.4 Å². The molecule has 4 rings (SSSR count). The quantitative estimate of drug-likeness (QED) is 0.589. The number of halogens is 3. The molecule has 0 spiro atoms. The molecule has 1 aliphatic heterocycles. The molecule has 7 nitrogen and oxygen atoms in total. The molecule has 1 N–H and O–H groups in total. The Morgan fingerprint density at radius 3 is 2.50 bits per heavy atom. The Morgan fingerprint density at radius 2 is 1.86 bits per heavy atom. The number of nitrogens with zero attached hydrogens (tertiary/aromatic N) is 3. The normalized spacial score (nSPS) is 18.1. The van der Waals surface area contributed by atoms with E-state index < -0.39 is 29.8 Å². The smallest absolute Gasteiger partial charge is 0.338 e. The van der Waals surface area contributed by atoms with E-state index in [2.05, 4.69) is 5.32 Å². The number of rotatable bonds is 4. The first-order valence-electron chi connectivity index (χ1n) is 11.5. The van der Waals surface area contributed by atoms with Crippen molar-refractivity contribution >= 4 is 23.5 Å². The van der Waals surface area contributed by atoms with E-state index in [1.807, 2.05) is 13.0 Å². The summed E-state index contributed by atoms with van der Waals surface area (Å²) in [6.45, 7) is 2.09. The average molecular weight is 496 g/mol. The summed E-state index contributed by atoms with van der Waals surface area (Å²) in [5, 5.41) is 11.8. The summed E-state index contributed by atoms with van der Waals surface area (Å²) in [5.74, 6) is -0.289. The maximum atomic E-state index is 13.9. The van der Waals surface area contributed by atoms with Gasteiger partial charge >= 0.3 is 18.2 Å². The standard InChI is InChI=1S/C26H23F3N4O3/c1-2-13-31-24(35)33-23(17-11-9-16(15-30)10-12-17)22-20(7-4-8-21(22)34)32(25(33)36)19-6-3-5-18(14-19)26(27,28)29/h3,5-6,9-12,14,23H,2,4,7-8,13H2,1H3,(H,31,35). The van der Waals surface area contributed by atoms with Crippen molar-refractivity contribution in [3.63, 3.8) is 0 Å². The molecule has 36 heavy (non-hydrogen) atoms. The van der Waals surface area contributed by atoms with Crippen LogP contribution in [0.15, 0.2) is 59.8 Å². The molecule has 0 aromatic heterocycles. The fourth-order valence-electron chi connectivity index (χ4n) is 4.52. The van der Waals surface area contributed by atoms with E-state index in [-0.39, 0.29) is 42.1 Å². The fourth-order valence-corrected chi connectivity index (χ4v) is 4.52. The van der Waals surface area contributed by atoms with E-state index in [1.54, 1.807) is 12.1 Å². The number of ketones is 1. The number of allylic oxidation sites excluding steroid dienone is 1. The van der Waals surface area contributed by atoms with Crippen LogP contribution >= 0.6 is 0 Å². The maximum absolute atomic E-state index is 13.9. The molecule has 0 saturated heterocycles. The van der Waals surface area contributed by atoms with Gasteiger partial charge < -0.3 is 5.32 Å². The topological polar surface area (TPSA) is 93.5 Å². The first-order chi connectivity index (χ1) is 17.2. The van der Waals surface area contributed by atoms with Crippen LogP contribution in [-0.4, -0.2) is 29.3 Å². The summed E-state index contributed by atoms with van der Waals surface area (Å²) in [6.07, 6.45) is -3.18. The maximum Gasteiger partial charge on any atom is 0.416 e. The highest BCUT2D eigenvalue weighted by Crippen LogP contribution is 2.44. The van der Waals surface area contributed by atoms with Gasteiger partial charge in [0.25, 0.3) is 0 Å². The predicted octanol–water partition coefficient (Wildman–Crippen LogP) is 5.69. The average Bonchev–Trinajstić information content (AvgIpc) is 2.86. The van der Waals surface area contributed by atoms with E-state index in [0.717, 1.165) is 21.9 Å². The molecule has 0 radical (unpaired) electrons. The molecule has 2 aliphatic rings. The van der Waals surface area contributed by atoms with Gasteiger partial charge in [-0.2, -0.15) is 18.4 Å². The van der Waals surface area contributed by atoms with Crippen molar-refractivity contribution in [1.82, 2.24) is 10.2 Å². The molecule has 186 valence electrons. The predicted molar refractivity (Wildman–Crippen MR) is 125 cm³/mol. The fraction of sp³-hybridized carbons (Fsp3) is 0.308. The van der Waals surface area contributed by atoms with Gasteiger partial charge in [0.1, 0.15) is 0 Å². The summed E-state index contributed by atoms with van der Waals surface area (Å²) in [7, 11) is 0. The Kier molecular flexibility index (Phi) is 6.84. The lowest BCUT2D eigenvalue weighted by atomic mass is 9.83. The van der Waals surface area contributed by atoms with Gasteiger partial charge in [-0.05, 0) is 55.2 Å². The highest BCUT2D eigenvalue weighted by atomic mass is 19.4. The number of carbonyl (C=O) groups is 3. The van der Waals surface area contributed by atoms with Crippen LogP contribution in [0.3, 0.4) is 0 Å². The van der Waals surface area contributed by atoms with Crippen molar-refractivity contribution in [1.29, 1.82) is 5.26 Å². The van der Waals surface area contributed by atoms with Crippen LogP contribution in [0.2, 0.25) is 0 Å². The monoisotopic (exact) mass is 496 g/mol. The summed E-state index contributed by atoms with van der Waals surface area (Å²) >= 11 is 0. The Hall–Kier alpha value is -4.13. The van der Waals surface area contributed by atoms with Crippen LogP contribution in [-0.2, 0) is 11.0 Å². The van der Waals surface area contributed by atoms with Crippen molar-refractivity contribution in [2.45, 2.75) is 44.8 Å². The van der Waals surface area contributed by atoms with Crippen LogP contribution in [0.25, 0.3) is 0 Å². The minimum Gasteiger partial charge on any atom is -0.338 e. The van der Waals surface area contributed by atoms with Crippen LogP contribution in [0.5, 0.6) is 0 Å². The van der Waals surface area contributed by atoms with Crippen LogP contribution in [0.4, 0.5) is 28.4 Å². The van der Waals surface area contributed by atoms with E-state index in [1.165, 1.54) is 24.3 Å². The second-order valence-corrected chi connectivity index (χ2v) is 8.54. The largest absolute Gasteiger partial charge is 0.416 e. The van der Waals surface area contributed by atoms with Crippen LogP contribution in [0.1, 0.15) is 55.3 Å². The number of benzene rings is 2.